The quantitative estimate of drug-likeness (QED) is 0.943. The molecule has 1 aliphatic heterocycles. The number of hydrogen-bond donors (Lipinski definition) is 1. The van der Waals surface area contributed by atoms with Gasteiger partial charge in [0, 0.05) is 36.7 Å². The summed E-state index contributed by atoms with van der Waals surface area (Å²) >= 11 is 1.43. The number of amides is 2. The van der Waals surface area contributed by atoms with Crippen LogP contribution in [0.5, 0.6) is 0 Å². The molecule has 0 fully saturated rings. The minimum absolute atomic E-state index is 0.00315. The van der Waals surface area contributed by atoms with E-state index < -0.39 is 0 Å². The van der Waals surface area contributed by atoms with Crippen molar-refractivity contribution in [2.24, 2.45) is 5.92 Å². The number of carbonyl (C=O) groups is 2. The highest BCUT2D eigenvalue weighted by molar-refractivity contribution is 7.13. The fourth-order valence-electron chi connectivity index (χ4n) is 2.60. The Morgan fingerprint density at radius 2 is 2.27 bits per heavy atom. The van der Waals surface area contributed by atoms with Crippen LogP contribution in [0.3, 0.4) is 0 Å². The van der Waals surface area contributed by atoms with E-state index in [1.165, 1.54) is 11.3 Å². The molecule has 1 aliphatic rings. The monoisotopic (exact) mass is 315 g/mol. The first-order valence-electron chi connectivity index (χ1n) is 7.20. The number of para-hydroxylation sites is 1. The van der Waals surface area contributed by atoms with E-state index in [9.17, 15) is 9.59 Å². The molecule has 5 nitrogen and oxygen atoms in total. The number of nitrogens with zero attached hydrogens (tertiary/aromatic N) is 2. The lowest BCUT2D eigenvalue weighted by Gasteiger charge is -2.24. The number of benzene rings is 1. The normalized spacial score (nSPS) is 16.8. The molecule has 2 heterocycles. The molecule has 0 saturated carbocycles. The van der Waals surface area contributed by atoms with Gasteiger partial charge in [-0.05, 0) is 24.5 Å². The highest BCUT2D eigenvalue weighted by Crippen LogP contribution is 2.28. The van der Waals surface area contributed by atoms with Crippen molar-refractivity contribution < 1.29 is 9.59 Å². The van der Waals surface area contributed by atoms with Crippen molar-refractivity contribution in [2.45, 2.75) is 19.3 Å². The molecule has 1 aromatic carbocycles. The summed E-state index contributed by atoms with van der Waals surface area (Å²) in [6.07, 6.45) is 3.26. The van der Waals surface area contributed by atoms with Gasteiger partial charge in [0.05, 0.1) is 0 Å². The summed E-state index contributed by atoms with van der Waals surface area (Å²) in [7, 11) is 1.72. The largest absolute Gasteiger partial charge is 0.326 e. The van der Waals surface area contributed by atoms with Crippen molar-refractivity contribution in [1.82, 2.24) is 4.98 Å². The SMILES string of the molecule is CN(C(=O)CC[C@@H]1Cc2ccccc2NC1=O)c1nccs1. The summed E-state index contributed by atoms with van der Waals surface area (Å²) in [6.45, 7) is 0. The Morgan fingerprint density at radius 3 is 3.05 bits per heavy atom. The predicted octanol–water partition coefficient (Wildman–Crippen LogP) is 2.70. The van der Waals surface area contributed by atoms with Crippen LogP contribution in [0.4, 0.5) is 10.8 Å². The van der Waals surface area contributed by atoms with Crippen LogP contribution in [0.2, 0.25) is 0 Å². The molecule has 3 rings (SSSR count). The first kappa shape index (κ1) is 14.7. The molecule has 22 heavy (non-hydrogen) atoms. The molecule has 0 unspecified atom stereocenters. The standard InChI is InChI=1S/C16H17N3O2S/c1-19(16-17-8-9-22-16)14(20)7-6-12-10-11-4-2-3-5-13(11)18-15(12)21/h2-5,8-9,12H,6-7,10H2,1H3,(H,18,21)/t12-/m1/s1. The van der Waals surface area contributed by atoms with Crippen molar-refractivity contribution >= 4 is 34.0 Å². The van der Waals surface area contributed by atoms with E-state index in [2.05, 4.69) is 10.3 Å². The molecule has 1 atom stereocenters. The maximum atomic E-state index is 12.2. The molecule has 0 aliphatic carbocycles. The van der Waals surface area contributed by atoms with Crippen molar-refractivity contribution in [1.29, 1.82) is 0 Å². The number of nitrogens with one attached hydrogen (secondary N) is 1. The number of hydrogen-bond acceptors (Lipinski definition) is 4. The molecule has 6 heteroatoms. The van der Waals surface area contributed by atoms with Gasteiger partial charge in [0.25, 0.3) is 0 Å². The van der Waals surface area contributed by atoms with E-state index in [-0.39, 0.29) is 17.7 Å². The lowest BCUT2D eigenvalue weighted by atomic mass is 9.89. The zero-order chi connectivity index (χ0) is 15.5. The van der Waals surface area contributed by atoms with Crippen LogP contribution in [0.15, 0.2) is 35.8 Å². The van der Waals surface area contributed by atoms with Crippen molar-refractivity contribution in [3.8, 4) is 0 Å². The molecule has 0 radical (unpaired) electrons. The molecule has 1 aromatic heterocycles. The first-order valence-corrected chi connectivity index (χ1v) is 8.08. The lowest BCUT2D eigenvalue weighted by molar-refractivity contribution is -0.121. The van der Waals surface area contributed by atoms with Crippen LogP contribution in [0.1, 0.15) is 18.4 Å². The topological polar surface area (TPSA) is 62.3 Å². The van der Waals surface area contributed by atoms with E-state index in [1.807, 2.05) is 29.6 Å². The Labute approximate surface area is 133 Å². The van der Waals surface area contributed by atoms with Gasteiger partial charge in [-0.1, -0.05) is 18.2 Å². The summed E-state index contributed by atoms with van der Waals surface area (Å²) in [5, 5.41) is 5.44. The van der Waals surface area contributed by atoms with Gasteiger partial charge >= 0.3 is 0 Å². The minimum Gasteiger partial charge on any atom is -0.326 e. The summed E-state index contributed by atoms with van der Waals surface area (Å²) in [4.78, 5) is 30.0. The maximum absolute atomic E-state index is 12.2. The van der Waals surface area contributed by atoms with Gasteiger partial charge in [0.1, 0.15) is 0 Å². The number of carbonyl (C=O) groups excluding carboxylic acids is 2. The zero-order valence-corrected chi connectivity index (χ0v) is 13.1. The lowest BCUT2D eigenvalue weighted by Crippen LogP contribution is -2.32. The molecule has 0 bridgehead atoms. The summed E-state index contributed by atoms with van der Waals surface area (Å²) in [6, 6.07) is 7.80. The summed E-state index contributed by atoms with van der Waals surface area (Å²) in [5.74, 6) is -0.159. The summed E-state index contributed by atoms with van der Waals surface area (Å²) < 4.78 is 0. The van der Waals surface area contributed by atoms with E-state index in [0.717, 1.165) is 11.3 Å². The highest BCUT2D eigenvalue weighted by atomic mass is 32.1. The van der Waals surface area contributed by atoms with Crippen molar-refractivity contribution in [2.75, 3.05) is 17.3 Å². The van der Waals surface area contributed by atoms with Gasteiger partial charge in [-0.15, -0.1) is 11.3 Å². The molecule has 0 saturated heterocycles. The molecule has 2 aromatic rings. The third-order valence-electron chi connectivity index (χ3n) is 3.90. The van der Waals surface area contributed by atoms with E-state index in [4.69, 9.17) is 0 Å². The number of rotatable bonds is 4. The van der Waals surface area contributed by atoms with Crippen LogP contribution in [-0.2, 0) is 16.0 Å². The fourth-order valence-corrected chi connectivity index (χ4v) is 3.23. The Hall–Kier alpha value is -2.21. The van der Waals surface area contributed by atoms with Crippen LogP contribution < -0.4 is 10.2 Å². The highest BCUT2D eigenvalue weighted by Gasteiger charge is 2.27. The minimum atomic E-state index is -0.149. The fraction of sp³-hybridized carbons (Fsp3) is 0.312. The number of thiazole rings is 1. The van der Waals surface area contributed by atoms with Gasteiger partial charge in [0.2, 0.25) is 11.8 Å². The van der Waals surface area contributed by atoms with Gasteiger partial charge in [-0.2, -0.15) is 0 Å². The van der Waals surface area contributed by atoms with Gasteiger partial charge < -0.3 is 5.32 Å². The van der Waals surface area contributed by atoms with Crippen molar-refractivity contribution in [3.63, 3.8) is 0 Å². The van der Waals surface area contributed by atoms with Crippen LogP contribution in [0.25, 0.3) is 0 Å². The molecule has 114 valence electrons. The number of aromatic nitrogens is 1. The maximum Gasteiger partial charge on any atom is 0.228 e. The average molecular weight is 315 g/mol. The summed E-state index contributed by atoms with van der Waals surface area (Å²) in [5.41, 5.74) is 2.02. The molecule has 2 amide bonds. The number of fused-ring (bicyclic) bond motifs is 1. The first-order chi connectivity index (χ1) is 10.6. The van der Waals surface area contributed by atoms with Crippen LogP contribution in [-0.4, -0.2) is 23.8 Å². The van der Waals surface area contributed by atoms with E-state index >= 15 is 0 Å². The van der Waals surface area contributed by atoms with Crippen LogP contribution in [0, 0.1) is 5.92 Å². The van der Waals surface area contributed by atoms with E-state index in [1.54, 1.807) is 18.1 Å². The Kier molecular flexibility index (Phi) is 4.20. The van der Waals surface area contributed by atoms with Gasteiger partial charge in [-0.3, -0.25) is 14.5 Å². The van der Waals surface area contributed by atoms with Crippen molar-refractivity contribution in [3.05, 3.63) is 41.4 Å². The molecular formula is C16H17N3O2S. The number of anilines is 2. The smallest absolute Gasteiger partial charge is 0.228 e. The zero-order valence-electron chi connectivity index (χ0n) is 12.3. The average Bonchev–Trinajstić information content (AvgIpc) is 3.06. The van der Waals surface area contributed by atoms with Gasteiger partial charge in [-0.25, -0.2) is 4.98 Å². The Balaban J connectivity index is 1.60. The molecular weight excluding hydrogens is 298 g/mol. The third kappa shape index (κ3) is 3.01. The molecule has 1 N–H and O–H groups in total. The molecule has 0 spiro atoms. The second-order valence-electron chi connectivity index (χ2n) is 5.35. The second-order valence-corrected chi connectivity index (χ2v) is 6.23. The Bertz CT molecular complexity index is 684. The Morgan fingerprint density at radius 1 is 1.45 bits per heavy atom. The van der Waals surface area contributed by atoms with E-state index in [0.29, 0.717) is 24.4 Å². The third-order valence-corrected chi connectivity index (χ3v) is 4.75. The predicted molar refractivity (Wildman–Crippen MR) is 87.0 cm³/mol. The van der Waals surface area contributed by atoms with Gasteiger partial charge in [0.15, 0.2) is 5.13 Å². The van der Waals surface area contributed by atoms with Crippen LogP contribution >= 0.6 is 11.3 Å². The second kappa shape index (κ2) is 6.27.